The van der Waals surface area contributed by atoms with Gasteiger partial charge in [0.15, 0.2) is 6.10 Å². The Hall–Kier alpha value is -5.49. The second-order valence-electron chi connectivity index (χ2n) is 19.1. The van der Waals surface area contributed by atoms with Crippen LogP contribution < -0.4 is 0 Å². The van der Waals surface area contributed by atoms with Crippen molar-refractivity contribution >= 4 is 17.9 Å². The van der Waals surface area contributed by atoms with Crippen molar-refractivity contribution in [3.63, 3.8) is 0 Å². The first-order valence-electron chi connectivity index (χ1n) is 30.3. The lowest BCUT2D eigenvalue weighted by atomic mass is 10.1. The molecular weight excluding hydrogens is 949 g/mol. The Kier molecular flexibility index (Phi) is 58.6. The highest BCUT2D eigenvalue weighted by molar-refractivity contribution is 5.71. The van der Waals surface area contributed by atoms with Crippen molar-refractivity contribution in [3.8, 4) is 0 Å². The first kappa shape index (κ1) is 71.5. The molecule has 0 aromatic carbocycles. The summed E-state index contributed by atoms with van der Waals surface area (Å²) >= 11 is 0. The Balaban J connectivity index is 4.58. The zero-order valence-electron chi connectivity index (χ0n) is 48.9. The molecule has 6 nitrogen and oxygen atoms in total. The number of hydrogen-bond acceptors (Lipinski definition) is 6. The maximum Gasteiger partial charge on any atom is 0.306 e. The van der Waals surface area contributed by atoms with E-state index in [1.54, 1.807) is 0 Å². The SMILES string of the molecule is CC/C=C\C/C=C\C/C=C\C/C=C\C/C=C\C/C=C\CCCCCCC(=O)OCC(COC(=O)CCC/C=C\C/C=C\C/C=C\C/C=C\C/C=C\CC)OC(=O)CCCCCCCC/C=C\C/C=C\C/C=C\C/C=C\CC. The molecule has 1 unspecified atom stereocenters. The van der Waals surface area contributed by atoms with Crippen LogP contribution in [0.5, 0.6) is 0 Å². The van der Waals surface area contributed by atoms with Crippen molar-refractivity contribution in [3.05, 3.63) is 182 Å². The molecule has 0 spiro atoms. The second kappa shape index (κ2) is 63.0. The Morgan fingerprint density at radius 2 is 0.481 bits per heavy atom. The quantitative estimate of drug-likeness (QED) is 0.0261. The van der Waals surface area contributed by atoms with Gasteiger partial charge in [0.25, 0.3) is 0 Å². The van der Waals surface area contributed by atoms with Crippen molar-refractivity contribution in [2.45, 2.75) is 232 Å². The van der Waals surface area contributed by atoms with Crippen LogP contribution in [-0.4, -0.2) is 37.2 Å². The van der Waals surface area contributed by atoms with Crippen LogP contribution in [0.2, 0.25) is 0 Å². The molecule has 6 heteroatoms. The third-order valence-electron chi connectivity index (χ3n) is 11.9. The molecule has 0 aliphatic carbocycles. The molecule has 0 fully saturated rings. The first-order valence-corrected chi connectivity index (χ1v) is 30.3. The molecule has 0 radical (unpaired) electrons. The van der Waals surface area contributed by atoms with Crippen molar-refractivity contribution < 1.29 is 28.6 Å². The van der Waals surface area contributed by atoms with Gasteiger partial charge in [-0.15, -0.1) is 0 Å². The molecule has 0 aromatic rings. The molecule has 0 saturated carbocycles. The lowest BCUT2D eigenvalue weighted by molar-refractivity contribution is -0.167. The predicted molar refractivity (Wildman–Crippen MR) is 334 cm³/mol. The average Bonchev–Trinajstić information content (AvgIpc) is 3.43. The van der Waals surface area contributed by atoms with Gasteiger partial charge in [-0.3, -0.25) is 14.4 Å². The molecule has 0 rings (SSSR count). The molecule has 0 aromatic heterocycles. The van der Waals surface area contributed by atoms with Crippen LogP contribution in [0, 0.1) is 0 Å². The largest absolute Gasteiger partial charge is 0.462 e. The van der Waals surface area contributed by atoms with Gasteiger partial charge in [-0.1, -0.05) is 242 Å². The smallest absolute Gasteiger partial charge is 0.306 e. The number of allylic oxidation sites excluding steroid dienone is 30. The van der Waals surface area contributed by atoms with E-state index in [-0.39, 0.29) is 44.0 Å². The Bertz CT molecular complexity index is 1840. The normalized spacial score (nSPS) is 13.4. The number of carbonyl (C=O) groups excluding carboxylic acids is 3. The van der Waals surface area contributed by atoms with E-state index in [1.807, 2.05) is 0 Å². The van der Waals surface area contributed by atoms with Crippen LogP contribution in [0.1, 0.15) is 226 Å². The van der Waals surface area contributed by atoms with Gasteiger partial charge in [-0.25, -0.2) is 0 Å². The molecule has 1 atom stereocenters. The van der Waals surface area contributed by atoms with Crippen molar-refractivity contribution in [2.75, 3.05) is 13.2 Å². The number of hydrogen-bond donors (Lipinski definition) is 0. The summed E-state index contributed by atoms with van der Waals surface area (Å²) in [6.45, 7) is 6.20. The molecule has 428 valence electrons. The third-order valence-corrected chi connectivity index (χ3v) is 11.9. The van der Waals surface area contributed by atoms with Crippen LogP contribution in [0.25, 0.3) is 0 Å². The van der Waals surface area contributed by atoms with Crippen LogP contribution in [0.3, 0.4) is 0 Å². The topological polar surface area (TPSA) is 78.9 Å². The number of rotatable bonds is 52. The lowest BCUT2D eigenvalue weighted by Crippen LogP contribution is -2.30. The highest BCUT2D eigenvalue weighted by atomic mass is 16.6. The number of carbonyl (C=O) groups is 3. The monoisotopic (exact) mass is 1060 g/mol. The fourth-order valence-corrected chi connectivity index (χ4v) is 7.47. The minimum atomic E-state index is -0.832. The van der Waals surface area contributed by atoms with Gasteiger partial charge >= 0.3 is 17.9 Å². The van der Waals surface area contributed by atoms with Gasteiger partial charge in [0, 0.05) is 19.3 Å². The van der Waals surface area contributed by atoms with Gasteiger partial charge in [-0.05, 0) is 148 Å². The summed E-state index contributed by atoms with van der Waals surface area (Å²) in [7, 11) is 0. The first-order chi connectivity index (χ1) is 38.0. The van der Waals surface area contributed by atoms with Gasteiger partial charge < -0.3 is 14.2 Å². The maximum absolute atomic E-state index is 12.9. The third kappa shape index (κ3) is 61.2. The van der Waals surface area contributed by atoms with Crippen molar-refractivity contribution in [1.82, 2.24) is 0 Å². The average molecular weight is 1060 g/mol. The van der Waals surface area contributed by atoms with Gasteiger partial charge in [0.05, 0.1) is 0 Å². The minimum Gasteiger partial charge on any atom is -0.462 e. The summed E-state index contributed by atoms with van der Waals surface area (Å²) in [5, 5.41) is 0. The summed E-state index contributed by atoms with van der Waals surface area (Å²) in [5.74, 6) is -1.03. The fraction of sp³-hybridized carbons (Fsp3) is 0.535. The highest BCUT2D eigenvalue weighted by Crippen LogP contribution is 2.13. The van der Waals surface area contributed by atoms with E-state index in [0.29, 0.717) is 12.8 Å². The van der Waals surface area contributed by atoms with E-state index >= 15 is 0 Å². The Morgan fingerprint density at radius 1 is 0.260 bits per heavy atom. The van der Waals surface area contributed by atoms with E-state index in [4.69, 9.17) is 14.2 Å². The van der Waals surface area contributed by atoms with E-state index in [1.165, 1.54) is 12.8 Å². The fourth-order valence-electron chi connectivity index (χ4n) is 7.47. The predicted octanol–water partition coefficient (Wildman–Crippen LogP) is 20.9. The molecule has 0 N–H and O–H groups in total. The van der Waals surface area contributed by atoms with Crippen molar-refractivity contribution in [1.29, 1.82) is 0 Å². The highest BCUT2D eigenvalue weighted by Gasteiger charge is 2.19. The molecular formula is C71H108O6. The molecule has 0 bridgehead atoms. The molecule has 0 amide bonds. The molecule has 0 heterocycles. The summed E-state index contributed by atoms with van der Waals surface area (Å²) in [5.41, 5.74) is 0. The standard InChI is InChI=1S/C71H108O6/c1-4-7-10-13-16-19-22-25-28-31-33-34-35-36-38-40-43-46-49-52-55-58-61-64-70(73)76-67-68(66-75-69(72)63-60-57-54-51-48-45-42-39-30-27-24-21-18-15-12-9-6-3)77-71(74)65-62-59-56-53-50-47-44-41-37-32-29-26-23-20-17-14-11-8-5-2/h7-12,16-21,25-30,33-34,36-38,41-43,45-46,51,54,68H,4-6,13-15,22-24,31-32,35,39-40,44,47-50,52-53,55-67H2,1-3H3/b10-7-,11-8-,12-9-,19-16-,20-17-,21-18-,28-25-,29-26-,30-27-,34-33-,38-36-,41-37-,45-42-,46-43-,54-51-. The van der Waals surface area contributed by atoms with Crippen LogP contribution in [0.15, 0.2) is 182 Å². The molecule has 0 aliphatic heterocycles. The van der Waals surface area contributed by atoms with E-state index in [9.17, 15) is 14.4 Å². The van der Waals surface area contributed by atoms with Crippen LogP contribution in [-0.2, 0) is 28.6 Å². The van der Waals surface area contributed by atoms with Crippen LogP contribution >= 0.6 is 0 Å². The van der Waals surface area contributed by atoms with Gasteiger partial charge in [0.2, 0.25) is 0 Å². The Labute approximate surface area is 472 Å². The van der Waals surface area contributed by atoms with Gasteiger partial charge in [0.1, 0.15) is 13.2 Å². The summed E-state index contributed by atoms with van der Waals surface area (Å²) < 4.78 is 16.8. The Morgan fingerprint density at radius 3 is 0.779 bits per heavy atom. The van der Waals surface area contributed by atoms with E-state index in [2.05, 4.69) is 203 Å². The summed E-state index contributed by atoms with van der Waals surface area (Å²) in [4.78, 5) is 38.3. The molecule has 77 heavy (non-hydrogen) atoms. The number of esters is 3. The maximum atomic E-state index is 12.9. The summed E-state index contributed by atoms with van der Waals surface area (Å²) in [6, 6.07) is 0. The van der Waals surface area contributed by atoms with E-state index in [0.717, 1.165) is 167 Å². The number of unbranched alkanes of at least 4 members (excludes halogenated alkanes) is 11. The minimum absolute atomic E-state index is 0.125. The lowest BCUT2D eigenvalue weighted by Gasteiger charge is -2.18. The van der Waals surface area contributed by atoms with Crippen LogP contribution in [0.4, 0.5) is 0 Å². The van der Waals surface area contributed by atoms with E-state index < -0.39 is 6.10 Å². The number of ether oxygens (including phenoxy) is 3. The summed E-state index contributed by atoms with van der Waals surface area (Å²) in [6.07, 6.45) is 94.6. The second-order valence-corrected chi connectivity index (χ2v) is 19.1. The van der Waals surface area contributed by atoms with Gasteiger partial charge in [-0.2, -0.15) is 0 Å². The zero-order valence-corrected chi connectivity index (χ0v) is 48.9. The zero-order chi connectivity index (χ0) is 55.7. The molecule has 0 aliphatic rings. The molecule has 0 saturated heterocycles. The van der Waals surface area contributed by atoms with Crippen molar-refractivity contribution in [2.24, 2.45) is 0 Å².